The SMILES string of the molecule is C=Cc1ccc(Oc2ccc(C3(c4ccc(OCCOCC)cc4)c4ccccc4-c4ccc(N(c5ccc(-c6ccc(N(c7ccc8c(c7)C(c7ccc(OCCOCC)cc7)(c7ccc(Oc9ccc(C=C)cc9)cc7)c7ccccc7-8)c7ccccc7F)cc6)cc5)c5ccccc5F)cc43)cc2)cc1. The van der Waals surface area contributed by atoms with Crippen LogP contribution in [0.5, 0.6) is 34.5 Å². The Labute approximate surface area is 629 Å². The Morgan fingerprint density at radius 2 is 0.611 bits per heavy atom. The molecule has 0 heterocycles. The number of fused-ring (bicyclic) bond motifs is 6. The van der Waals surface area contributed by atoms with Gasteiger partial charge in [-0.05, 0) is 248 Å². The molecule has 2 atom stereocenters. The Hall–Kier alpha value is -12.9. The molecule has 0 N–H and O–H groups in total. The lowest BCUT2D eigenvalue weighted by Gasteiger charge is -2.35. The van der Waals surface area contributed by atoms with E-state index in [1.54, 1.807) is 12.1 Å². The molecule has 14 aromatic rings. The standard InChI is InChI=1S/C98H78F2N2O6/c1-5-67-25-47-81(48-26-67)107-83-55-37-73(38-56-83)97(71-33-51-79(52-34-71)105-63-61-103-7-3)89-19-11-9-17-85(89)87-59-45-77(65-91(87)97)101(95-23-15-13-21-93(95)99)75-41-29-69(30-42-75)70-31-43-76(44-32-70)102(96-24-16-14-22-94(96)100)78-46-60-88-86-18-10-12-20-90(86)98(92(88)66-78,72-35-53-80(54-36-72)106-64-62-104-8-4)74-39-57-84(58-40-74)108-82-49-27-68(6-2)28-50-82/h5-6,9-60,65-66H,1-2,7-8,61-64H2,3-4H3. The summed E-state index contributed by atoms with van der Waals surface area (Å²) in [4.78, 5) is 4.00. The molecule has 0 spiro atoms. The van der Waals surface area contributed by atoms with Gasteiger partial charge in [-0.25, -0.2) is 8.78 Å². The molecule has 10 heteroatoms. The lowest BCUT2D eigenvalue weighted by molar-refractivity contribution is 0.110. The number of para-hydroxylation sites is 2. The maximum Gasteiger partial charge on any atom is 0.147 e. The number of ether oxygens (including phenoxy) is 6. The normalized spacial score (nSPS) is 14.4. The van der Waals surface area contributed by atoms with Gasteiger partial charge < -0.3 is 38.2 Å². The highest BCUT2D eigenvalue weighted by molar-refractivity contribution is 5.92. The van der Waals surface area contributed by atoms with Gasteiger partial charge in [-0.2, -0.15) is 0 Å². The summed E-state index contributed by atoms with van der Waals surface area (Å²) >= 11 is 0. The maximum atomic E-state index is 16.9. The third kappa shape index (κ3) is 13.2. The number of hydrogen-bond donors (Lipinski definition) is 0. The Morgan fingerprint density at radius 1 is 0.306 bits per heavy atom. The first-order chi connectivity index (χ1) is 53.2. The van der Waals surface area contributed by atoms with E-state index in [4.69, 9.17) is 28.4 Å². The monoisotopic (exact) mass is 1420 g/mol. The lowest BCUT2D eigenvalue weighted by Crippen LogP contribution is -2.29. The number of hydrogen-bond acceptors (Lipinski definition) is 8. The number of halogens is 2. The minimum atomic E-state index is -0.859. The van der Waals surface area contributed by atoms with Gasteiger partial charge in [0.1, 0.15) is 59.3 Å². The predicted octanol–water partition coefficient (Wildman–Crippen LogP) is 25.0. The Morgan fingerprint density at radius 3 is 0.954 bits per heavy atom. The van der Waals surface area contributed by atoms with E-state index >= 15 is 8.78 Å². The van der Waals surface area contributed by atoms with Crippen molar-refractivity contribution in [2.45, 2.75) is 24.7 Å². The zero-order valence-electron chi connectivity index (χ0n) is 60.1. The van der Waals surface area contributed by atoms with Crippen LogP contribution in [0.3, 0.4) is 0 Å². The summed E-state index contributed by atoms with van der Waals surface area (Å²) in [5.74, 6) is 3.52. The highest BCUT2D eigenvalue weighted by Gasteiger charge is 2.48. The van der Waals surface area contributed by atoms with Gasteiger partial charge in [-0.1, -0.05) is 207 Å². The van der Waals surface area contributed by atoms with Gasteiger partial charge in [0.2, 0.25) is 0 Å². The second kappa shape index (κ2) is 30.7. The van der Waals surface area contributed by atoms with E-state index in [1.165, 1.54) is 12.1 Å². The Kier molecular flexibility index (Phi) is 19.7. The van der Waals surface area contributed by atoms with Crippen molar-refractivity contribution in [3.63, 3.8) is 0 Å². The van der Waals surface area contributed by atoms with E-state index in [0.29, 0.717) is 74.0 Å². The van der Waals surface area contributed by atoms with Gasteiger partial charge in [-0.15, -0.1) is 0 Å². The average Bonchev–Trinajstić information content (AvgIpc) is 1.54. The van der Waals surface area contributed by atoms with Crippen LogP contribution >= 0.6 is 0 Å². The average molecular weight is 1420 g/mol. The lowest BCUT2D eigenvalue weighted by atomic mass is 9.67. The summed E-state index contributed by atoms with van der Waals surface area (Å²) in [6.45, 7) is 14.8. The van der Waals surface area contributed by atoms with Crippen molar-refractivity contribution < 1.29 is 37.2 Å². The van der Waals surface area contributed by atoms with Crippen molar-refractivity contribution in [1.82, 2.24) is 0 Å². The summed E-state index contributed by atoms with van der Waals surface area (Å²) in [5.41, 5.74) is 18.6. The van der Waals surface area contributed by atoms with Crippen molar-refractivity contribution in [3.05, 3.63) is 408 Å². The van der Waals surface area contributed by atoms with Gasteiger partial charge in [0.25, 0.3) is 0 Å². The molecule has 530 valence electrons. The molecule has 2 aliphatic rings. The summed E-state index contributed by atoms with van der Waals surface area (Å²) in [5, 5.41) is 0. The van der Waals surface area contributed by atoms with Gasteiger partial charge in [-0.3, -0.25) is 0 Å². The smallest absolute Gasteiger partial charge is 0.147 e. The van der Waals surface area contributed by atoms with Crippen molar-refractivity contribution in [1.29, 1.82) is 0 Å². The molecule has 2 unspecified atom stereocenters. The molecular formula is C98H78F2N2O6. The molecule has 0 saturated carbocycles. The molecule has 2 aliphatic carbocycles. The second-order valence-corrected chi connectivity index (χ2v) is 26.7. The molecule has 0 amide bonds. The van der Waals surface area contributed by atoms with Gasteiger partial charge in [0, 0.05) is 36.0 Å². The summed E-state index contributed by atoms with van der Waals surface area (Å²) in [6.07, 6.45) is 3.62. The quantitative estimate of drug-likeness (QED) is 0.0472. The van der Waals surface area contributed by atoms with E-state index in [1.807, 2.05) is 181 Å². The summed E-state index contributed by atoms with van der Waals surface area (Å²) in [7, 11) is 0. The van der Waals surface area contributed by atoms with E-state index in [0.717, 1.165) is 123 Å². The largest absolute Gasteiger partial charge is 0.491 e. The number of rotatable bonds is 27. The minimum absolute atomic E-state index is 0.375. The first-order valence-electron chi connectivity index (χ1n) is 36.6. The third-order valence-corrected chi connectivity index (χ3v) is 20.6. The van der Waals surface area contributed by atoms with Crippen LogP contribution in [0.25, 0.3) is 45.5 Å². The number of nitrogens with zero attached hydrogens (tertiary/aromatic N) is 2. The van der Waals surface area contributed by atoms with E-state index in [9.17, 15) is 0 Å². The fourth-order valence-electron chi connectivity index (χ4n) is 15.6. The van der Waals surface area contributed by atoms with Crippen LogP contribution in [0.4, 0.5) is 42.9 Å². The predicted molar refractivity (Wildman–Crippen MR) is 433 cm³/mol. The van der Waals surface area contributed by atoms with Crippen LogP contribution in [0, 0.1) is 11.6 Å². The van der Waals surface area contributed by atoms with Crippen LogP contribution in [0.1, 0.15) is 69.5 Å². The van der Waals surface area contributed by atoms with Crippen LogP contribution in [-0.4, -0.2) is 39.6 Å². The highest BCUT2D eigenvalue weighted by atomic mass is 19.1. The molecule has 8 nitrogen and oxygen atoms in total. The first-order valence-corrected chi connectivity index (χ1v) is 36.6. The first kappa shape index (κ1) is 69.5. The second-order valence-electron chi connectivity index (χ2n) is 26.7. The van der Waals surface area contributed by atoms with E-state index in [-0.39, 0.29) is 11.6 Å². The molecular weight excluding hydrogens is 1340 g/mol. The fourth-order valence-corrected chi connectivity index (χ4v) is 15.6. The number of anilines is 6. The van der Waals surface area contributed by atoms with Gasteiger partial charge >= 0.3 is 0 Å². The Bertz CT molecular complexity index is 5190. The molecule has 16 rings (SSSR count). The summed E-state index contributed by atoms with van der Waals surface area (Å²) in [6, 6.07) is 110. The maximum absolute atomic E-state index is 16.9. The fraction of sp³-hybridized carbons (Fsp3) is 0.102. The topological polar surface area (TPSA) is 61.9 Å². The van der Waals surface area contributed by atoms with Crippen molar-refractivity contribution in [2.24, 2.45) is 0 Å². The van der Waals surface area contributed by atoms with Crippen molar-refractivity contribution in [2.75, 3.05) is 49.4 Å². The minimum Gasteiger partial charge on any atom is -0.491 e. The Balaban J connectivity index is 0.765. The van der Waals surface area contributed by atoms with Crippen LogP contribution in [0.2, 0.25) is 0 Å². The zero-order valence-corrected chi connectivity index (χ0v) is 60.1. The van der Waals surface area contributed by atoms with E-state index < -0.39 is 10.8 Å². The molecule has 0 bridgehead atoms. The van der Waals surface area contributed by atoms with Crippen LogP contribution in [-0.2, 0) is 20.3 Å². The van der Waals surface area contributed by atoms with Crippen LogP contribution in [0.15, 0.2) is 341 Å². The molecule has 14 aromatic carbocycles. The molecule has 0 saturated heterocycles. The zero-order chi connectivity index (χ0) is 73.6. The van der Waals surface area contributed by atoms with E-state index in [2.05, 4.69) is 171 Å². The number of benzene rings is 14. The molecule has 108 heavy (non-hydrogen) atoms. The molecule has 0 radical (unpaired) electrons. The summed E-state index contributed by atoms with van der Waals surface area (Å²) < 4.78 is 70.3. The molecule has 0 aromatic heterocycles. The van der Waals surface area contributed by atoms with Gasteiger partial charge in [0.05, 0.1) is 35.4 Å². The third-order valence-electron chi connectivity index (χ3n) is 20.6. The van der Waals surface area contributed by atoms with Crippen molar-refractivity contribution >= 4 is 46.3 Å². The molecule has 0 fully saturated rings. The highest BCUT2D eigenvalue weighted by Crippen LogP contribution is 2.60. The molecule has 0 aliphatic heterocycles. The van der Waals surface area contributed by atoms with Gasteiger partial charge in [0.15, 0.2) is 0 Å². The van der Waals surface area contributed by atoms with Crippen LogP contribution < -0.4 is 28.7 Å². The van der Waals surface area contributed by atoms with Crippen molar-refractivity contribution in [3.8, 4) is 67.9 Å².